The van der Waals surface area contributed by atoms with E-state index in [1.54, 1.807) is 6.07 Å². The normalized spacial score (nSPS) is 24.9. The zero-order valence-corrected chi connectivity index (χ0v) is 12.2. The lowest BCUT2D eigenvalue weighted by atomic mass is 9.91. The third kappa shape index (κ3) is 3.46. The number of halogens is 2. The first-order valence-corrected chi connectivity index (χ1v) is 7.61. The van der Waals surface area contributed by atoms with Gasteiger partial charge in [0, 0.05) is 15.8 Å². The number of nitrogens with two attached hydrogens (primary N) is 1. The van der Waals surface area contributed by atoms with Gasteiger partial charge in [-0.1, -0.05) is 43.0 Å². The molecular formula is C13H17Cl2NS. The van der Waals surface area contributed by atoms with Crippen LogP contribution >= 0.6 is 35.0 Å². The van der Waals surface area contributed by atoms with Crippen molar-refractivity contribution in [2.45, 2.75) is 42.8 Å². The maximum Gasteiger partial charge on any atom is 0.0613 e. The molecular weight excluding hydrogens is 273 g/mol. The van der Waals surface area contributed by atoms with E-state index >= 15 is 0 Å². The second kappa shape index (κ2) is 5.73. The van der Waals surface area contributed by atoms with Crippen LogP contribution in [-0.2, 0) is 0 Å². The molecule has 1 aliphatic rings. The minimum Gasteiger partial charge on any atom is -0.398 e. The Hall–Kier alpha value is -0.0500. The summed E-state index contributed by atoms with van der Waals surface area (Å²) in [5.41, 5.74) is 6.72. The molecule has 0 saturated heterocycles. The number of nitrogen functional groups attached to an aromatic ring is 1. The van der Waals surface area contributed by atoms with Crippen LogP contribution in [-0.4, -0.2) is 5.25 Å². The highest BCUT2D eigenvalue weighted by Crippen LogP contribution is 2.40. The molecule has 0 amide bonds. The van der Waals surface area contributed by atoms with Crippen LogP contribution in [0.1, 0.15) is 32.6 Å². The average Bonchev–Trinajstić information content (AvgIpc) is 2.26. The molecule has 2 rings (SSSR count). The zero-order chi connectivity index (χ0) is 12.4. The Bertz CT molecular complexity index is 409. The molecule has 0 aromatic heterocycles. The second-order valence-corrected chi connectivity index (χ2v) is 6.97. The third-order valence-electron chi connectivity index (χ3n) is 3.23. The summed E-state index contributed by atoms with van der Waals surface area (Å²) in [5, 5.41) is 1.79. The van der Waals surface area contributed by atoms with Crippen LogP contribution in [0.4, 0.5) is 5.69 Å². The van der Waals surface area contributed by atoms with Gasteiger partial charge < -0.3 is 5.73 Å². The average molecular weight is 290 g/mol. The predicted molar refractivity (Wildman–Crippen MR) is 78.2 cm³/mol. The fraction of sp³-hybridized carbons (Fsp3) is 0.538. The molecule has 1 fully saturated rings. The van der Waals surface area contributed by atoms with Gasteiger partial charge >= 0.3 is 0 Å². The van der Waals surface area contributed by atoms with Crippen molar-refractivity contribution in [3.05, 3.63) is 22.2 Å². The van der Waals surface area contributed by atoms with Gasteiger partial charge in [0.05, 0.1) is 10.0 Å². The molecule has 0 bridgehead atoms. The van der Waals surface area contributed by atoms with Crippen molar-refractivity contribution in [3.8, 4) is 0 Å². The van der Waals surface area contributed by atoms with Crippen molar-refractivity contribution in [1.29, 1.82) is 0 Å². The van der Waals surface area contributed by atoms with Crippen LogP contribution < -0.4 is 5.73 Å². The van der Waals surface area contributed by atoms with Crippen molar-refractivity contribution in [2.75, 3.05) is 5.73 Å². The first kappa shape index (κ1) is 13.4. The highest BCUT2D eigenvalue weighted by Gasteiger charge is 2.20. The van der Waals surface area contributed by atoms with E-state index < -0.39 is 0 Å². The molecule has 2 unspecified atom stereocenters. The number of thioether (sulfide) groups is 1. The SMILES string of the molecule is CC1CCCC(Sc2cc(Cl)c(Cl)cc2N)C1. The number of hydrogen-bond donors (Lipinski definition) is 1. The predicted octanol–water partition coefficient (Wildman–Crippen LogP) is 5.25. The van der Waals surface area contributed by atoms with Gasteiger partial charge in [0.15, 0.2) is 0 Å². The van der Waals surface area contributed by atoms with Gasteiger partial charge in [0.1, 0.15) is 0 Å². The Morgan fingerprint density at radius 2 is 1.94 bits per heavy atom. The lowest BCUT2D eigenvalue weighted by Crippen LogP contribution is -2.15. The lowest BCUT2D eigenvalue weighted by Gasteiger charge is -2.26. The van der Waals surface area contributed by atoms with Gasteiger partial charge in [-0.15, -0.1) is 11.8 Å². The molecule has 2 atom stereocenters. The van der Waals surface area contributed by atoms with Crippen LogP contribution in [0.25, 0.3) is 0 Å². The lowest BCUT2D eigenvalue weighted by molar-refractivity contribution is 0.394. The Balaban J connectivity index is 2.10. The highest BCUT2D eigenvalue weighted by molar-refractivity contribution is 8.00. The monoisotopic (exact) mass is 289 g/mol. The van der Waals surface area contributed by atoms with Crippen molar-refractivity contribution < 1.29 is 0 Å². The maximum absolute atomic E-state index is 6.03. The molecule has 0 spiro atoms. The summed E-state index contributed by atoms with van der Waals surface area (Å²) < 4.78 is 0. The Kier molecular flexibility index (Phi) is 4.51. The first-order valence-electron chi connectivity index (χ1n) is 5.97. The fourth-order valence-corrected chi connectivity index (χ4v) is 4.16. The van der Waals surface area contributed by atoms with Gasteiger partial charge in [-0.3, -0.25) is 0 Å². The van der Waals surface area contributed by atoms with Gasteiger partial charge in [-0.2, -0.15) is 0 Å². The molecule has 0 radical (unpaired) electrons. The van der Waals surface area contributed by atoms with Gasteiger partial charge in [-0.25, -0.2) is 0 Å². The summed E-state index contributed by atoms with van der Waals surface area (Å²) in [5.74, 6) is 0.824. The molecule has 1 aromatic carbocycles. The topological polar surface area (TPSA) is 26.0 Å². The number of anilines is 1. The maximum atomic E-state index is 6.03. The summed E-state index contributed by atoms with van der Waals surface area (Å²) in [7, 11) is 0. The van der Waals surface area contributed by atoms with E-state index in [-0.39, 0.29) is 0 Å². The van der Waals surface area contributed by atoms with Crippen LogP contribution in [0, 0.1) is 5.92 Å². The first-order chi connectivity index (χ1) is 8.06. The quantitative estimate of drug-likeness (QED) is 0.753. The van der Waals surface area contributed by atoms with Crippen molar-refractivity contribution in [2.24, 2.45) is 5.92 Å². The largest absolute Gasteiger partial charge is 0.398 e. The van der Waals surface area contributed by atoms with Crippen molar-refractivity contribution in [3.63, 3.8) is 0 Å². The Morgan fingerprint density at radius 3 is 2.65 bits per heavy atom. The number of rotatable bonds is 2. The molecule has 4 heteroatoms. The number of hydrogen-bond acceptors (Lipinski definition) is 2. The molecule has 0 aliphatic heterocycles. The van der Waals surface area contributed by atoms with E-state index in [4.69, 9.17) is 28.9 Å². The zero-order valence-electron chi connectivity index (χ0n) is 9.88. The van der Waals surface area contributed by atoms with Crippen LogP contribution in [0.3, 0.4) is 0 Å². The van der Waals surface area contributed by atoms with E-state index in [0.29, 0.717) is 15.3 Å². The molecule has 1 aromatic rings. The third-order valence-corrected chi connectivity index (χ3v) is 5.33. The molecule has 0 heterocycles. The van der Waals surface area contributed by atoms with Crippen LogP contribution in [0.15, 0.2) is 17.0 Å². The summed E-state index contributed by atoms with van der Waals surface area (Å²) in [4.78, 5) is 1.07. The van der Waals surface area contributed by atoms with E-state index in [1.165, 1.54) is 25.7 Å². The molecule has 1 nitrogen and oxygen atoms in total. The van der Waals surface area contributed by atoms with E-state index in [9.17, 15) is 0 Å². The molecule has 1 saturated carbocycles. The van der Waals surface area contributed by atoms with Gasteiger partial charge in [0.25, 0.3) is 0 Å². The standard InChI is InChI=1S/C13H17Cl2NS/c1-8-3-2-4-9(5-8)17-13-7-11(15)10(14)6-12(13)16/h6-9H,2-5,16H2,1H3. The highest BCUT2D eigenvalue weighted by atomic mass is 35.5. The minimum absolute atomic E-state index is 0.533. The second-order valence-electron chi connectivity index (χ2n) is 4.82. The van der Waals surface area contributed by atoms with Crippen LogP contribution in [0.5, 0.6) is 0 Å². The summed E-state index contributed by atoms with van der Waals surface area (Å²) >= 11 is 13.8. The Morgan fingerprint density at radius 1 is 1.24 bits per heavy atom. The molecule has 17 heavy (non-hydrogen) atoms. The summed E-state index contributed by atoms with van der Waals surface area (Å²) in [6, 6.07) is 3.64. The fourth-order valence-electron chi connectivity index (χ4n) is 2.31. The van der Waals surface area contributed by atoms with Crippen molar-refractivity contribution in [1.82, 2.24) is 0 Å². The van der Waals surface area contributed by atoms with Gasteiger partial charge in [0.2, 0.25) is 0 Å². The molecule has 2 N–H and O–H groups in total. The smallest absolute Gasteiger partial charge is 0.0613 e. The molecule has 1 aliphatic carbocycles. The summed E-state index contributed by atoms with van der Waals surface area (Å²) in [6.45, 7) is 2.32. The Labute approximate surface area is 117 Å². The summed E-state index contributed by atoms with van der Waals surface area (Å²) in [6.07, 6.45) is 5.22. The van der Waals surface area contributed by atoms with E-state index in [2.05, 4.69) is 6.92 Å². The van der Waals surface area contributed by atoms with Crippen LogP contribution in [0.2, 0.25) is 10.0 Å². The minimum atomic E-state index is 0.533. The van der Waals surface area contributed by atoms with E-state index in [0.717, 1.165) is 16.5 Å². The number of benzene rings is 1. The van der Waals surface area contributed by atoms with E-state index in [1.807, 2.05) is 17.8 Å². The molecule has 94 valence electrons. The van der Waals surface area contributed by atoms with Gasteiger partial charge in [-0.05, 0) is 30.9 Å². The van der Waals surface area contributed by atoms with Crippen molar-refractivity contribution >= 4 is 40.7 Å².